The summed E-state index contributed by atoms with van der Waals surface area (Å²) in [6.45, 7) is 3.80. The Morgan fingerprint density at radius 1 is 1.04 bits per heavy atom. The van der Waals surface area contributed by atoms with Gasteiger partial charge in [-0.25, -0.2) is 0 Å². The minimum absolute atomic E-state index is 0.0208. The van der Waals surface area contributed by atoms with Crippen LogP contribution < -0.4 is 5.32 Å². The van der Waals surface area contributed by atoms with Crippen molar-refractivity contribution in [2.75, 3.05) is 19.6 Å². The lowest BCUT2D eigenvalue weighted by Crippen LogP contribution is -2.33. The van der Waals surface area contributed by atoms with Gasteiger partial charge in [0.15, 0.2) is 0 Å². The smallest absolute Gasteiger partial charge is 0.251 e. The van der Waals surface area contributed by atoms with Crippen molar-refractivity contribution in [3.8, 4) is 0 Å². The molecule has 0 spiro atoms. The van der Waals surface area contributed by atoms with Gasteiger partial charge in [-0.1, -0.05) is 36.4 Å². The third-order valence-electron chi connectivity index (χ3n) is 5.04. The number of carbonyl (C=O) groups is 1. The molecule has 0 saturated carbocycles. The van der Waals surface area contributed by atoms with Gasteiger partial charge in [-0.2, -0.15) is 0 Å². The van der Waals surface area contributed by atoms with Crippen LogP contribution in [0.2, 0.25) is 0 Å². The van der Waals surface area contributed by atoms with E-state index in [1.165, 1.54) is 11.1 Å². The van der Waals surface area contributed by atoms with Crippen LogP contribution in [0.1, 0.15) is 27.9 Å². The molecular weight excluding hydrogens is 322 g/mol. The molecule has 0 saturated heterocycles. The maximum absolute atomic E-state index is 12.5. The molecule has 26 heavy (non-hydrogen) atoms. The molecule has 1 aromatic heterocycles. The Morgan fingerprint density at radius 2 is 1.92 bits per heavy atom. The number of hydrogen-bond donors (Lipinski definition) is 1. The average molecular weight is 345 g/mol. The fraction of sp³-hybridized carbons (Fsp3) is 0.273. The first kappa shape index (κ1) is 16.7. The van der Waals surface area contributed by atoms with Crippen LogP contribution in [-0.2, 0) is 13.0 Å². The number of nitrogens with one attached hydrogen (secondary N) is 1. The molecule has 132 valence electrons. The molecule has 1 amide bonds. The van der Waals surface area contributed by atoms with Gasteiger partial charge in [-0.3, -0.25) is 14.7 Å². The van der Waals surface area contributed by atoms with E-state index in [9.17, 15) is 4.79 Å². The summed E-state index contributed by atoms with van der Waals surface area (Å²) >= 11 is 0. The lowest BCUT2D eigenvalue weighted by molar-refractivity contribution is 0.0953. The van der Waals surface area contributed by atoms with Gasteiger partial charge in [0.25, 0.3) is 5.91 Å². The van der Waals surface area contributed by atoms with Crippen LogP contribution in [0.25, 0.3) is 10.9 Å². The summed E-state index contributed by atoms with van der Waals surface area (Å²) in [5, 5.41) is 3.96. The highest BCUT2D eigenvalue weighted by Gasteiger charge is 2.15. The standard InChI is InChI=1S/C22H23N3O/c26-22(20-8-3-10-21-19(20)9-4-12-23-21)24-13-5-14-25-15-11-17-6-1-2-7-18(17)16-25/h1-4,6-10,12H,5,11,13-16H2,(H,24,26). The molecular formula is C22H23N3O. The molecule has 0 unspecified atom stereocenters. The number of hydrogen-bond acceptors (Lipinski definition) is 3. The third kappa shape index (κ3) is 3.60. The number of pyridine rings is 1. The fourth-order valence-electron chi connectivity index (χ4n) is 3.65. The Bertz CT molecular complexity index is 917. The van der Waals surface area contributed by atoms with Crippen LogP contribution >= 0.6 is 0 Å². The van der Waals surface area contributed by atoms with Crippen molar-refractivity contribution in [3.05, 3.63) is 77.5 Å². The van der Waals surface area contributed by atoms with Crippen LogP contribution in [0.15, 0.2) is 60.8 Å². The number of nitrogens with zero attached hydrogens (tertiary/aromatic N) is 2. The molecule has 0 atom stereocenters. The van der Waals surface area contributed by atoms with Gasteiger partial charge in [-0.15, -0.1) is 0 Å². The summed E-state index contributed by atoms with van der Waals surface area (Å²) in [6.07, 6.45) is 3.82. The molecule has 0 radical (unpaired) electrons. The Morgan fingerprint density at radius 3 is 2.85 bits per heavy atom. The number of fused-ring (bicyclic) bond motifs is 2. The summed E-state index contributed by atoms with van der Waals surface area (Å²) in [5.74, 6) is -0.0208. The fourth-order valence-corrected chi connectivity index (χ4v) is 3.65. The summed E-state index contributed by atoms with van der Waals surface area (Å²) in [5.41, 5.74) is 4.46. The molecule has 0 aliphatic carbocycles. The Balaban J connectivity index is 1.29. The number of amides is 1. The summed E-state index contributed by atoms with van der Waals surface area (Å²) < 4.78 is 0. The maximum atomic E-state index is 12.5. The van der Waals surface area contributed by atoms with E-state index in [2.05, 4.69) is 39.5 Å². The Kier molecular flexibility index (Phi) is 4.93. The second-order valence-electron chi connectivity index (χ2n) is 6.78. The van der Waals surface area contributed by atoms with Crippen LogP contribution in [0, 0.1) is 0 Å². The van der Waals surface area contributed by atoms with E-state index in [1.54, 1.807) is 6.20 Å². The van der Waals surface area contributed by atoms with Gasteiger partial charge in [-0.05, 0) is 42.2 Å². The average Bonchev–Trinajstić information content (AvgIpc) is 2.70. The van der Waals surface area contributed by atoms with Crippen LogP contribution in [0.4, 0.5) is 0 Å². The van der Waals surface area contributed by atoms with Crippen molar-refractivity contribution in [1.82, 2.24) is 15.2 Å². The molecule has 2 aromatic carbocycles. The summed E-state index contributed by atoms with van der Waals surface area (Å²) in [4.78, 5) is 19.3. The van der Waals surface area contributed by atoms with Crippen LogP contribution in [0.5, 0.6) is 0 Å². The first-order valence-electron chi connectivity index (χ1n) is 9.22. The zero-order valence-corrected chi connectivity index (χ0v) is 14.8. The lowest BCUT2D eigenvalue weighted by Gasteiger charge is -2.28. The molecule has 0 bridgehead atoms. The van der Waals surface area contributed by atoms with Crippen molar-refractivity contribution < 1.29 is 4.79 Å². The monoisotopic (exact) mass is 345 g/mol. The predicted octanol–water partition coefficient (Wildman–Crippen LogP) is 3.41. The van der Waals surface area contributed by atoms with Gasteiger partial charge >= 0.3 is 0 Å². The number of benzene rings is 2. The molecule has 1 aliphatic heterocycles. The molecule has 1 aliphatic rings. The Labute approximate surface area is 153 Å². The number of rotatable bonds is 5. The minimum Gasteiger partial charge on any atom is -0.352 e. The first-order chi connectivity index (χ1) is 12.8. The lowest BCUT2D eigenvalue weighted by atomic mass is 10.00. The van der Waals surface area contributed by atoms with Gasteiger partial charge < -0.3 is 5.32 Å². The predicted molar refractivity (Wildman–Crippen MR) is 104 cm³/mol. The second-order valence-corrected chi connectivity index (χ2v) is 6.78. The normalized spacial score (nSPS) is 14.2. The Hall–Kier alpha value is -2.72. The zero-order chi connectivity index (χ0) is 17.8. The topological polar surface area (TPSA) is 45.2 Å². The molecule has 4 nitrogen and oxygen atoms in total. The zero-order valence-electron chi connectivity index (χ0n) is 14.8. The van der Waals surface area contributed by atoms with Gasteiger partial charge in [0, 0.05) is 43.3 Å². The van der Waals surface area contributed by atoms with E-state index in [0.717, 1.165) is 43.4 Å². The SMILES string of the molecule is O=C(NCCCN1CCc2ccccc2C1)c1cccc2ncccc12. The number of aromatic nitrogens is 1. The highest BCUT2D eigenvalue weighted by molar-refractivity contribution is 6.06. The largest absolute Gasteiger partial charge is 0.352 e. The quantitative estimate of drug-likeness (QED) is 0.721. The van der Waals surface area contributed by atoms with E-state index >= 15 is 0 Å². The van der Waals surface area contributed by atoms with Crippen LogP contribution in [-0.4, -0.2) is 35.4 Å². The molecule has 4 rings (SSSR count). The van der Waals surface area contributed by atoms with Crippen LogP contribution in [0.3, 0.4) is 0 Å². The molecule has 3 aromatic rings. The first-order valence-corrected chi connectivity index (χ1v) is 9.22. The van der Waals surface area contributed by atoms with Gasteiger partial charge in [0.05, 0.1) is 5.52 Å². The van der Waals surface area contributed by atoms with Gasteiger partial charge in [0.1, 0.15) is 0 Å². The highest BCUT2D eigenvalue weighted by Crippen LogP contribution is 2.18. The van der Waals surface area contributed by atoms with Crippen molar-refractivity contribution >= 4 is 16.8 Å². The molecule has 0 fully saturated rings. The van der Waals surface area contributed by atoms with E-state index < -0.39 is 0 Å². The highest BCUT2D eigenvalue weighted by atomic mass is 16.1. The molecule has 4 heteroatoms. The van der Waals surface area contributed by atoms with Crippen molar-refractivity contribution in [2.45, 2.75) is 19.4 Å². The van der Waals surface area contributed by atoms with E-state index in [4.69, 9.17) is 0 Å². The summed E-state index contributed by atoms with van der Waals surface area (Å²) in [6, 6.07) is 18.2. The summed E-state index contributed by atoms with van der Waals surface area (Å²) in [7, 11) is 0. The maximum Gasteiger partial charge on any atom is 0.251 e. The van der Waals surface area contributed by atoms with E-state index in [-0.39, 0.29) is 5.91 Å². The second kappa shape index (κ2) is 7.67. The van der Waals surface area contributed by atoms with E-state index in [1.807, 2.05) is 30.3 Å². The van der Waals surface area contributed by atoms with Crippen molar-refractivity contribution in [3.63, 3.8) is 0 Å². The number of carbonyl (C=O) groups excluding carboxylic acids is 1. The van der Waals surface area contributed by atoms with E-state index in [0.29, 0.717) is 12.1 Å². The molecule has 1 N–H and O–H groups in total. The molecule has 2 heterocycles. The third-order valence-corrected chi connectivity index (χ3v) is 5.04. The van der Waals surface area contributed by atoms with Crippen molar-refractivity contribution in [1.29, 1.82) is 0 Å². The minimum atomic E-state index is -0.0208. The van der Waals surface area contributed by atoms with Gasteiger partial charge in [0.2, 0.25) is 0 Å². The van der Waals surface area contributed by atoms with Crippen molar-refractivity contribution in [2.24, 2.45) is 0 Å².